The molecule has 120 valence electrons. The zero-order chi connectivity index (χ0) is 16.1. The second-order valence-electron chi connectivity index (χ2n) is 6.37. The molecule has 3 nitrogen and oxygen atoms in total. The van der Waals surface area contributed by atoms with Crippen LogP contribution in [-0.4, -0.2) is 23.9 Å². The second kappa shape index (κ2) is 7.42. The zero-order valence-electron chi connectivity index (χ0n) is 13.6. The van der Waals surface area contributed by atoms with E-state index in [1.54, 1.807) is 0 Å². The minimum Gasteiger partial charge on any atom is -0.334 e. The van der Waals surface area contributed by atoms with Crippen molar-refractivity contribution in [3.8, 4) is 0 Å². The number of hydrogen-bond donors (Lipinski definition) is 1. The van der Waals surface area contributed by atoms with Crippen LogP contribution in [-0.2, 0) is 17.9 Å². The zero-order valence-corrected chi connectivity index (χ0v) is 13.6. The standard InChI is InChI=1S/C20H24N2O/c1-16(19-12-21-13-19)20(23)22(14-17-8-4-2-5-9-17)15-18-10-6-3-7-11-18/h2-11,16,19,21H,12-15H2,1H3. The van der Waals surface area contributed by atoms with Gasteiger partial charge < -0.3 is 10.2 Å². The van der Waals surface area contributed by atoms with Crippen LogP contribution < -0.4 is 5.32 Å². The van der Waals surface area contributed by atoms with Gasteiger partial charge in [0.1, 0.15) is 0 Å². The van der Waals surface area contributed by atoms with E-state index in [0.29, 0.717) is 19.0 Å². The third-order valence-corrected chi connectivity index (χ3v) is 4.65. The monoisotopic (exact) mass is 308 g/mol. The quantitative estimate of drug-likeness (QED) is 0.889. The molecule has 3 rings (SSSR count). The number of benzene rings is 2. The van der Waals surface area contributed by atoms with Gasteiger partial charge in [-0.3, -0.25) is 4.79 Å². The lowest BCUT2D eigenvalue weighted by atomic mass is 9.87. The van der Waals surface area contributed by atoms with Crippen molar-refractivity contribution in [1.82, 2.24) is 10.2 Å². The first kappa shape index (κ1) is 15.8. The van der Waals surface area contributed by atoms with Gasteiger partial charge in [0, 0.05) is 19.0 Å². The van der Waals surface area contributed by atoms with E-state index in [9.17, 15) is 4.79 Å². The lowest BCUT2D eigenvalue weighted by Crippen LogP contribution is -2.50. The molecule has 1 saturated heterocycles. The topological polar surface area (TPSA) is 32.3 Å². The summed E-state index contributed by atoms with van der Waals surface area (Å²) in [7, 11) is 0. The van der Waals surface area contributed by atoms with Crippen LogP contribution in [0.4, 0.5) is 0 Å². The van der Waals surface area contributed by atoms with E-state index in [4.69, 9.17) is 0 Å². The Kier molecular flexibility index (Phi) is 5.09. The Balaban J connectivity index is 1.75. The Morgan fingerprint density at radius 2 is 1.48 bits per heavy atom. The van der Waals surface area contributed by atoms with Crippen LogP contribution in [0.15, 0.2) is 60.7 Å². The summed E-state index contributed by atoms with van der Waals surface area (Å²) < 4.78 is 0. The van der Waals surface area contributed by atoms with Crippen LogP contribution in [0.5, 0.6) is 0 Å². The summed E-state index contributed by atoms with van der Waals surface area (Å²) in [5, 5.41) is 3.26. The van der Waals surface area contributed by atoms with Crippen molar-refractivity contribution in [3.63, 3.8) is 0 Å². The molecule has 1 aliphatic heterocycles. The van der Waals surface area contributed by atoms with Gasteiger partial charge in [-0.1, -0.05) is 67.6 Å². The Morgan fingerprint density at radius 1 is 1.00 bits per heavy atom. The first-order chi connectivity index (χ1) is 11.2. The highest BCUT2D eigenvalue weighted by Crippen LogP contribution is 2.21. The maximum Gasteiger partial charge on any atom is 0.226 e. The van der Waals surface area contributed by atoms with Crippen molar-refractivity contribution in [1.29, 1.82) is 0 Å². The highest BCUT2D eigenvalue weighted by Gasteiger charge is 2.31. The van der Waals surface area contributed by atoms with Gasteiger partial charge in [0.15, 0.2) is 0 Å². The van der Waals surface area contributed by atoms with E-state index in [-0.39, 0.29) is 11.8 Å². The first-order valence-corrected chi connectivity index (χ1v) is 8.31. The molecular formula is C20H24N2O. The summed E-state index contributed by atoms with van der Waals surface area (Å²) in [5.74, 6) is 0.796. The maximum absolute atomic E-state index is 13.0. The van der Waals surface area contributed by atoms with Crippen LogP contribution >= 0.6 is 0 Å². The van der Waals surface area contributed by atoms with Gasteiger partial charge >= 0.3 is 0 Å². The van der Waals surface area contributed by atoms with Crippen molar-refractivity contribution < 1.29 is 4.79 Å². The fraction of sp³-hybridized carbons (Fsp3) is 0.350. The Bertz CT molecular complexity index is 581. The molecule has 1 aliphatic rings. The van der Waals surface area contributed by atoms with Crippen LogP contribution in [0.3, 0.4) is 0 Å². The van der Waals surface area contributed by atoms with Crippen molar-refractivity contribution in [2.24, 2.45) is 11.8 Å². The van der Waals surface area contributed by atoms with Gasteiger partial charge in [0.25, 0.3) is 0 Å². The van der Waals surface area contributed by atoms with Crippen LogP contribution in [0.1, 0.15) is 18.1 Å². The molecule has 1 heterocycles. The number of carbonyl (C=O) groups excluding carboxylic acids is 1. The number of nitrogens with one attached hydrogen (secondary N) is 1. The molecule has 23 heavy (non-hydrogen) atoms. The molecule has 0 bridgehead atoms. The van der Waals surface area contributed by atoms with E-state index in [1.807, 2.05) is 41.3 Å². The fourth-order valence-electron chi connectivity index (χ4n) is 2.97. The minimum atomic E-state index is 0.0728. The third-order valence-electron chi connectivity index (χ3n) is 4.65. The number of nitrogens with zero attached hydrogens (tertiary/aromatic N) is 1. The molecule has 2 aromatic carbocycles. The molecule has 1 atom stereocenters. The summed E-state index contributed by atoms with van der Waals surface area (Å²) in [6, 6.07) is 20.5. The average Bonchev–Trinajstić information content (AvgIpc) is 2.54. The normalized spacial score (nSPS) is 15.7. The maximum atomic E-state index is 13.0. The van der Waals surface area contributed by atoms with E-state index >= 15 is 0 Å². The molecule has 1 N–H and O–H groups in total. The second-order valence-corrected chi connectivity index (χ2v) is 6.37. The SMILES string of the molecule is CC(C(=O)N(Cc1ccccc1)Cc1ccccc1)C1CNC1. The molecule has 1 fully saturated rings. The van der Waals surface area contributed by atoms with Gasteiger partial charge in [-0.05, 0) is 30.1 Å². The molecule has 0 aliphatic carbocycles. The number of carbonyl (C=O) groups is 1. The van der Waals surface area contributed by atoms with Crippen molar-refractivity contribution in [2.75, 3.05) is 13.1 Å². The lowest BCUT2D eigenvalue weighted by molar-refractivity contribution is -0.138. The summed E-state index contributed by atoms with van der Waals surface area (Å²) in [6.45, 7) is 5.31. The Morgan fingerprint density at radius 3 is 1.87 bits per heavy atom. The molecule has 1 unspecified atom stereocenters. The molecule has 0 saturated carbocycles. The van der Waals surface area contributed by atoms with E-state index < -0.39 is 0 Å². The summed E-state index contributed by atoms with van der Waals surface area (Å²) in [6.07, 6.45) is 0. The van der Waals surface area contributed by atoms with Gasteiger partial charge in [-0.2, -0.15) is 0 Å². The number of amides is 1. The first-order valence-electron chi connectivity index (χ1n) is 8.31. The summed E-state index contributed by atoms with van der Waals surface area (Å²) in [4.78, 5) is 15.0. The molecular weight excluding hydrogens is 284 g/mol. The fourth-order valence-corrected chi connectivity index (χ4v) is 2.97. The Hall–Kier alpha value is -2.13. The molecule has 0 radical (unpaired) electrons. The predicted octanol–water partition coefficient (Wildman–Crippen LogP) is 3.07. The average molecular weight is 308 g/mol. The van der Waals surface area contributed by atoms with Crippen LogP contribution in [0, 0.1) is 11.8 Å². The smallest absolute Gasteiger partial charge is 0.226 e. The summed E-state index contributed by atoms with van der Waals surface area (Å²) in [5.41, 5.74) is 2.35. The van der Waals surface area contributed by atoms with Crippen molar-refractivity contribution in [3.05, 3.63) is 71.8 Å². The molecule has 0 aromatic heterocycles. The third kappa shape index (κ3) is 3.99. The van der Waals surface area contributed by atoms with E-state index in [2.05, 4.69) is 36.5 Å². The van der Waals surface area contributed by atoms with Crippen LogP contribution in [0.2, 0.25) is 0 Å². The van der Waals surface area contributed by atoms with Gasteiger partial charge in [0.05, 0.1) is 0 Å². The number of hydrogen-bond acceptors (Lipinski definition) is 2. The molecule has 3 heteroatoms. The molecule has 0 spiro atoms. The summed E-state index contributed by atoms with van der Waals surface area (Å²) >= 11 is 0. The van der Waals surface area contributed by atoms with Gasteiger partial charge in [-0.15, -0.1) is 0 Å². The van der Waals surface area contributed by atoms with Crippen LogP contribution in [0.25, 0.3) is 0 Å². The largest absolute Gasteiger partial charge is 0.334 e. The molecule has 2 aromatic rings. The van der Waals surface area contributed by atoms with Gasteiger partial charge in [-0.25, -0.2) is 0 Å². The minimum absolute atomic E-state index is 0.0728. The van der Waals surface area contributed by atoms with Crippen molar-refractivity contribution in [2.45, 2.75) is 20.0 Å². The molecule has 1 amide bonds. The predicted molar refractivity (Wildman–Crippen MR) is 92.7 cm³/mol. The highest BCUT2D eigenvalue weighted by atomic mass is 16.2. The van der Waals surface area contributed by atoms with Gasteiger partial charge in [0.2, 0.25) is 5.91 Å². The Labute approximate surface area is 138 Å². The highest BCUT2D eigenvalue weighted by molar-refractivity contribution is 5.79. The number of rotatable bonds is 6. The van der Waals surface area contributed by atoms with Crippen molar-refractivity contribution >= 4 is 5.91 Å². The van der Waals surface area contributed by atoms with E-state index in [1.165, 1.54) is 11.1 Å². The lowest BCUT2D eigenvalue weighted by Gasteiger charge is -2.35. The van der Waals surface area contributed by atoms with E-state index in [0.717, 1.165) is 13.1 Å².